The van der Waals surface area contributed by atoms with E-state index < -0.39 is 5.97 Å². The monoisotopic (exact) mass is 305 g/mol. The number of hydrogen-bond acceptors (Lipinski definition) is 5. The van der Waals surface area contributed by atoms with Crippen LogP contribution in [0.4, 0.5) is 10.8 Å². The molecule has 0 aliphatic rings. The van der Waals surface area contributed by atoms with Gasteiger partial charge in [-0.3, -0.25) is 9.59 Å². The Hall–Kier alpha value is -2.41. The summed E-state index contributed by atoms with van der Waals surface area (Å²) in [5, 5.41) is 13.6. The molecule has 6 nitrogen and oxygen atoms in total. The van der Waals surface area contributed by atoms with Crippen LogP contribution in [0.25, 0.3) is 0 Å². The number of carboxylic acid groups (broad SMARTS) is 1. The second-order valence-corrected chi connectivity index (χ2v) is 5.38. The molecule has 4 N–H and O–H groups in total. The van der Waals surface area contributed by atoms with Crippen LogP contribution in [0.5, 0.6) is 0 Å². The first-order chi connectivity index (χ1) is 10.0. The molecule has 0 aliphatic carbocycles. The molecule has 1 heterocycles. The lowest BCUT2D eigenvalue weighted by Gasteiger charge is -2.05. The summed E-state index contributed by atoms with van der Waals surface area (Å²) in [7, 11) is 0. The maximum absolute atomic E-state index is 11.8. The molecule has 0 radical (unpaired) electrons. The molecular weight excluding hydrogens is 290 g/mol. The first kappa shape index (κ1) is 15.0. The molecule has 21 heavy (non-hydrogen) atoms. The minimum absolute atomic E-state index is 0.0942. The van der Waals surface area contributed by atoms with Gasteiger partial charge in [-0.1, -0.05) is 12.1 Å². The van der Waals surface area contributed by atoms with Gasteiger partial charge in [0, 0.05) is 17.5 Å². The number of amides is 1. The Bertz CT molecular complexity index is 637. The van der Waals surface area contributed by atoms with Gasteiger partial charge in [0.2, 0.25) is 5.91 Å². The van der Waals surface area contributed by atoms with E-state index in [0.29, 0.717) is 22.9 Å². The molecule has 0 saturated heterocycles. The molecule has 0 unspecified atom stereocenters. The van der Waals surface area contributed by atoms with Gasteiger partial charge in [-0.2, -0.15) is 0 Å². The fourth-order valence-electron chi connectivity index (χ4n) is 1.78. The Morgan fingerprint density at radius 3 is 2.57 bits per heavy atom. The molecule has 110 valence electrons. The third-order valence-electron chi connectivity index (χ3n) is 2.78. The highest BCUT2D eigenvalue weighted by Gasteiger charge is 2.07. The maximum atomic E-state index is 11.8. The summed E-state index contributed by atoms with van der Waals surface area (Å²) in [4.78, 5) is 26.3. The Morgan fingerprint density at radius 1 is 1.29 bits per heavy atom. The second-order valence-electron chi connectivity index (χ2n) is 4.49. The van der Waals surface area contributed by atoms with Gasteiger partial charge in [0.15, 0.2) is 5.13 Å². The lowest BCUT2D eigenvalue weighted by molar-refractivity contribution is -0.137. The van der Waals surface area contributed by atoms with Crippen LogP contribution < -0.4 is 11.1 Å². The van der Waals surface area contributed by atoms with E-state index in [9.17, 15) is 9.59 Å². The zero-order valence-corrected chi connectivity index (χ0v) is 12.0. The zero-order valence-electron chi connectivity index (χ0n) is 11.2. The number of aliphatic carboxylic acids is 1. The van der Waals surface area contributed by atoms with Gasteiger partial charge in [0.1, 0.15) is 0 Å². The van der Waals surface area contributed by atoms with Gasteiger partial charge < -0.3 is 16.2 Å². The third-order valence-corrected chi connectivity index (χ3v) is 3.50. The summed E-state index contributed by atoms with van der Waals surface area (Å²) in [6, 6.07) is 7.12. The number of benzene rings is 1. The number of nitrogens with zero attached hydrogens (tertiary/aromatic N) is 1. The number of carbonyl (C=O) groups is 2. The number of thiazole rings is 1. The predicted octanol–water partition coefficient (Wildman–Crippen LogP) is 1.92. The Morgan fingerprint density at radius 2 is 2.00 bits per heavy atom. The van der Waals surface area contributed by atoms with Crippen LogP contribution in [0.2, 0.25) is 0 Å². The van der Waals surface area contributed by atoms with E-state index in [0.717, 1.165) is 5.56 Å². The summed E-state index contributed by atoms with van der Waals surface area (Å²) in [5.41, 5.74) is 7.74. The highest BCUT2D eigenvalue weighted by Crippen LogP contribution is 2.14. The average Bonchev–Trinajstić information content (AvgIpc) is 2.83. The van der Waals surface area contributed by atoms with Crippen LogP contribution >= 0.6 is 11.3 Å². The fourth-order valence-corrected chi connectivity index (χ4v) is 2.34. The molecule has 1 amide bonds. The third kappa shape index (κ3) is 4.88. The maximum Gasteiger partial charge on any atom is 0.303 e. The summed E-state index contributed by atoms with van der Waals surface area (Å²) in [5.74, 6) is -0.992. The van der Waals surface area contributed by atoms with Crippen LogP contribution in [-0.2, 0) is 22.4 Å². The highest BCUT2D eigenvalue weighted by molar-refractivity contribution is 7.13. The van der Waals surface area contributed by atoms with Crippen molar-refractivity contribution in [3.05, 3.63) is 40.9 Å². The number of carbonyl (C=O) groups excluding carboxylic acids is 1. The number of nitrogens with two attached hydrogens (primary N) is 1. The number of carboxylic acids is 1. The van der Waals surface area contributed by atoms with E-state index >= 15 is 0 Å². The minimum atomic E-state index is -0.824. The van der Waals surface area contributed by atoms with Crippen molar-refractivity contribution in [2.45, 2.75) is 19.3 Å². The van der Waals surface area contributed by atoms with Gasteiger partial charge in [-0.15, -0.1) is 11.3 Å². The van der Waals surface area contributed by atoms with Gasteiger partial charge in [0.25, 0.3) is 0 Å². The van der Waals surface area contributed by atoms with Gasteiger partial charge in [0.05, 0.1) is 12.1 Å². The van der Waals surface area contributed by atoms with E-state index in [2.05, 4.69) is 10.3 Å². The van der Waals surface area contributed by atoms with Crippen molar-refractivity contribution in [1.29, 1.82) is 0 Å². The summed E-state index contributed by atoms with van der Waals surface area (Å²) >= 11 is 1.30. The lowest BCUT2D eigenvalue weighted by Crippen LogP contribution is -2.14. The zero-order chi connectivity index (χ0) is 15.2. The molecule has 0 atom stereocenters. The van der Waals surface area contributed by atoms with Gasteiger partial charge >= 0.3 is 5.97 Å². The summed E-state index contributed by atoms with van der Waals surface area (Å²) in [6.45, 7) is 0. The normalized spacial score (nSPS) is 10.3. The first-order valence-corrected chi connectivity index (χ1v) is 7.21. The second kappa shape index (κ2) is 6.85. The SMILES string of the molecule is Nc1nc(CC(=O)Nc2ccc(CCC(=O)O)cc2)cs1. The Balaban J connectivity index is 1.87. The first-order valence-electron chi connectivity index (χ1n) is 6.33. The number of aromatic nitrogens is 1. The Labute approximate surface area is 125 Å². The summed E-state index contributed by atoms with van der Waals surface area (Å²) in [6.07, 6.45) is 0.743. The van der Waals surface area contributed by atoms with E-state index in [-0.39, 0.29) is 18.7 Å². The standard InChI is InChI=1S/C14H15N3O3S/c15-14-17-11(8-21-14)7-12(18)16-10-4-1-9(2-5-10)3-6-13(19)20/h1-2,4-5,8H,3,6-7H2,(H2,15,17)(H,16,18)(H,19,20). The van der Waals surface area contributed by atoms with Crippen LogP contribution in [-0.4, -0.2) is 22.0 Å². The quantitative estimate of drug-likeness (QED) is 0.756. The van der Waals surface area contributed by atoms with Gasteiger partial charge in [-0.05, 0) is 24.1 Å². The molecular formula is C14H15N3O3S. The molecule has 0 aliphatic heterocycles. The molecule has 7 heteroatoms. The van der Waals surface area contributed by atoms with Crippen molar-refractivity contribution in [1.82, 2.24) is 4.98 Å². The molecule has 0 spiro atoms. The van der Waals surface area contributed by atoms with Crippen molar-refractivity contribution in [3.63, 3.8) is 0 Å². The smallest absolute Gasteiger partial charge is 0.303 e. The van der Waals surface area contributed by atoms with E-state index in [4.69, 9.17) is 10.8 Å². The average molecular weight is 305 g/mol. The highest BCUT2D eigenvalue weighted by atomic mass is 32.1. The molecule has 1 aromatic carbocycles. The van der Waals surface area contributed by atoms with Crippen LogP contribution in [0.3, 0.4) is 0 Å². The molecule has 0 fully saturated rings. The number of nitrogens with one attached hydrogen (secondary N) is 1. The largest absolute Gasteiger partial charge is 0.481 e. The van der Waals surface area contributed by atoms with E-state index in [1.807, 2.05) is 0 Å². The molecule has 2 rings (SSSR count). The number of aryl methyl sites for hydroxylation is 1. The number of rotatable bonds is 6. The van der Waals surface area contributed by atoms with Crippen molar-refractivity contribution in [2.75, 3.05) is 11.1 Å². The van der Waals surface area contributed by atoms with Crippen LogP contribution in [0, 0.1) is 0 Å². The minimum Gasteiger partial charge on any atom is -0.481 e. The van der Waals surface area contributed by atoms with E-state index in [1.165, 1.54) is 11.3 Å². The van der Waals surface area contributed by atoms with Crippen LogP contribution in [0.15, 0.2) is 29.6 Å². The summed E-state index contributed by atoms with van der Waals surface area (Å²) < 4.78 is 0. The van der Waals surface area contributed by atoms with Crippen molar-refractivity contribution in [2.24, 2.45) is 0 Å². The number of anilines is 2. The molecule has 0 bridgehead atoms. The molecule has 1 aromatic heterocycles. The van der Waals surface area contributed by atoms with Crippen LogP contribution in [0.1, 0.15) is 17.7 Å². The van der Waals surface area contributed by atoms with Crippen molar-refractivity contribution >= 4 is 34.0 Å². The molecule has 2 aromatic rings. The fraction of sp³-hybridized carbons (Fsp3) is 0.214. The number of nitrogen functional groups attached to an aromatic ring is 1. The van der Waals surface area contributed by atoms with Crippen molar-refractivity contribution < 1.29 is 14.7 Å². The molecule has 0 saturated carbocycles. The lowest BCUT2D eigenvalue weighted by atomic mass is 10.1. The van der Waals surface area contributed by atoms with E-state index in [1.54, 1.807) is 29.6 Å². The Kier molecular flexibility index (Phi) is 4.89. The predicted molar refractivity (Wildman–Crippen MR) is 81.3 cm³/mol. The van der Waals surface area contributed by atoms with Crippen molar-refractivity contribution in [3.8, 4) is 0 Å². The van der Waals surface area contributed by atoms with Gasteiger partial charge in [-0.25, -0.2) is 4.98 Å². The topological polar surface area (TPSA) is 105 Å². The number of hydrogen-bond donors (Lipinski definition) is 3.